The number of amides is 2. The van der Waals surface area contributed by atoms with Gasteiger partial charge in [0.05, 0.1) is 5.41 Å². The Labute approximate surface area is 160 Å². The van der Waals surface area contributed by atoms with Gasteiger partial charge in [0, 0.05) is 37.0 Å². The average molecular weight is 375 g/mol. The van der Waals surface area contributed by atoms with Crippen LogP contribution in [-0.4, -0.2) is 47.3 Å². The molecule has 1 atom stereocenters. The Balaban J connectivity index is 1.37. The molecule has 2 aliphatic heterocycles. The monoisotopic (exact) mass is 374 g/mol. The second-order valence-electron chi connectivity index (χ2n) is 8.32. The van der Waals surface area contributed by atoms with Crippen LogP contribution in [0.5, 0.6) is 0 Å². The molecule has 3 fully saturated rings. The Morgan fingerprint density at radius 3 is 2.77 bits per heavy atom. The number of carbonyl (C=O) groups excluding carboxylic acids is 2. The van der Waals surface area contributed by atoms with Crippen LogP contribution in [0.2, 0.25) is 0 Å². The molecule has 1 saturated carbocycles. The molecule has 0 aromatic carbocycles. The number of thiophene rings is 1. The zero-order valence-electron chi connectivity index (χ0n) is 15.6. The lowest BCUT2D eigenvalue weighted by Crippen LogP contribution is -2.54. The van der Waals surface area contributed by atoms with Crippen LogP contribution in [-0.2, 0) is 16.0 Å². The van der Waals surface area contributed by atoms with E-state index in [2.05, 4.69) is 16.3 Å². The summed E-state index contributed by atoms with van der Waals surface area (Å²) in [4.78, 5) is 31.4. The van der Waals surface area contributed by atoms with Gasteiger partial charge in [-0.15, -0.1) is 11.3 Å². The topological polar surface area (TPSA) is 40.6 Å². The average Bonchev–Trinajstić information content (AvgIpc) is 3.34. The van der Waals surface area contributed by atoms with Gasteiger partial charge >= 0.3 is 0 Å². The van der Waals surface area contributed by atoms with Crippen molar-refractivity contribution in [2.24, 2.45) is 5.41 Å². The highest BCUT2D eigenvalue weighted by atomic mass is 32.1. The van der Waals surface area contributed by atoms with Crippen molar-refractivity contribution in [2.75, 3.05) is 19.6 Å². The lowest BCUT2D eigenvalue weighted by atomic mass is 9.77. The second-order valence-corrected chi connectivity index (χ2v) is 9.35. The molecule has 1 aromatic rings. The maximum absolute atomic E-state index is 13.4. The maximum atomic E-state index is 13.4. The van der Waals surface area contributed by atoms with E-state index in [4.69, 9.17) is 0 Å². The van der Waals surface area contributed by atoms with Crippen LogP contribution >= 0.6 is 11.3 Å². The third-order valence-corrected chi connectivity index (χ3v) is 7.59. The molecule has 4 nitrogen and oxygen atoms in total. The first-order chi connectivity index (χ1) is 12.7. The molecule has 3 heterocycles. The highest BCUT2D eigenvalue weighted by Crippen LogP contribution is 2.42. The van der Waals surface area contributed by atoms with Gasteiger partial charge in [-0.25, -0.2) is 0 Å². The van der Waals surface area contributed by atoms with Crippen LogP contribution < -0.4 is 0 Å². The van der Waals surface area contributed by atoms with Crippen molar-refractivity contribution in [3.8, 4) is 0 Å². The maximum Gasteiger partial charge on any atom is 0.230 e. The number of hydrogen-bond donors (Lipinski definition) is 0. The van der Waals surface area contributed by atoms with Gasteiger partial charge in [0.2, 0.25) is 11.8 Å². The van der Waals surface area contributed by atoms with Crippen LogP contribution in [0.25, 0.3) is 0 Å². The van der Waals surface area contributed by atoms with Crippen molar-refractivity contribution >= 4 is 23.2 Å². The summed E-state index contributed by atoms with van der Waals surface area (Å²) >= 11 is 1.71. The number of hydrogen-bond acceptors (Lipinski definition) is 3. The Kier molecular flexibility index (Phi) is 5.35. The van der Waals surface area contributed by atoms with E-state index in [0.29, 0.717) is 24.9 Å². The first-order valence-corrected chi connectivity index (χ1v) is 11.2. The third-order valence-electron chi connectivity index (χ3n) is 6.66. The summed E-state index contributed by atoms with van der Waals surface area (Å²) < 4.78 is 0. The number of nitrogens with zero attached hydrogens (tertiary/aromatic N) is 2. The third kappa shape index (κ3) is 3.55. The summed E-state index contributed by atoms with van der Waals surface area (Å²) in [6, 6.07) is 4.59. The van der Waals surface area contributed by atoms with E-state index >= 15 is 0 Å². The Morgan fingerprint density at radius 2 is 2.00 bits per heavy atom. The number of rotatable bonds is 4. The van der Waals surface area contributed by atoms with Crippen LogP contribution in [0.3, 0.4) is 0 Å². The normalized spacial score (nSPS) is 27.5. The minimum atomic E-state index is -0.283. The number of carbonyl (C=O) groups is 2. The van der Waals surface area contributed by atoms with Gasteiger partial charge in [-0.2, -0.15) is 0 Å². The van der Waals surface area contributed by atoms with Gasteiger partial charge in [-0.1, -0.05) is 25.3 Å². The molecule has 1 aromatic heterocycles. The standard InChI is InChI=1S/C21H30N2O2S/c24-19(10-9-18-8-4-15-26-18)22-14-12-21(16-22)11-5-13-23(20(21)25)17-6-2-1-3-7-17/h4,8,15,17H,1-3,5-7,9-14,16H2. The van der Waals surface area contributed by atoms with E-state index in [1.54, 1.807) is 11.3 Å². The zero-order chi connectivity index (χ0) is 18.0. The Morgan fingerprint density at radius 1 is 1.15 bits per heavy atom. The van der Waals surface area contributed by atoms with Crippen molar-refractivity contribution < 1.29 is 9.59 Å². The number of piperidine rings is 1. The molecule has 5 heteroatoms. The fourth-order valence-corrected chi connectivity index (χ4v) is 5.86. The molecule has 26 heavy (non-hydrogen) atoms. The molecular weight excluding hydrogens is 344 g/mol. The van der Waals surface area contributed by atoms with Crippen LogP contribution in [0.15, 0.2) is 17.5 Å². The zero-order valence-corrected chi connectivity index (χ0v) is 16.4. The molecule has 2 saturated heterocycles. The van der Waals surface area contributed by atoms with Crippen LogP contribution in [0, 0.1) is 5.41 Å². The highest BCUT2D eigenvalue weighted by Gasteiger charge is 2.50. The molecule has 4 rings (SSSR count). The first kappa shape index (κ1) is 18.0. The van der Waals surface area contributed by atoms with Gasteiger partial charge in [0.25, 0.3) is 0 Å². The summed E-state index contributed by atoms with van der Waals surface area (Å²) in [5.74, 6) is 0.571. The second kappa shape index (κ2) is 7.71. The predicted octanol–water partition coefficient (Wildman–Crippen LogP) is 3.85. The Hall–Kier alpha value is -1.36. The van der Waals surface area contributed by atoms with Crippen molar-refractivity contribution in [3.05, 3.63) is 22.4 Å². The van der Waals surface area contributed by atoms with Gasteiger partial charge in [-0.3, -0.25) is 9.59 Å². The fraction of sp³-hybridized carbons (Fsp3) is 0.714. The quantitative estimate of drug-likeness (QED) is 0.803. The molecule has 0 radical (unpaired) electrons. The number of likely N-dealkylation sites (tertiary alicyclic amines) is 2. The lowest BCUT2D eigenvalue weighted by molar-refractivity contribution is -0.149. The summed E-state index contributed by atoms with van der Waals surface area (Å²) in [6.45, 7) is 2.34. The van der Waals surface area contributed by atoms with E-state index in [0.717, 1.165) is 38.8 Å². The Bertz CT molecular complexity index is 638. The number of aryl methyl sites for hydroxylation is 1. The molecule has 3 aliphatic rings. The first-order valence-electron chi connectivity index (χ1n) is 10.3. The molecule has 2 amide bonds. The molecule has 0 N–H and O–H groups in total. The van der Waals surface area contributed by atoms with Crippen LogP contribution in [0.4, 0.5) is 0 Å². The largest absolute Gasteiger partial charge is 0.342 e. The van der Waals surface area contributed by atoms with Crippen molar-refractivity contribution in [1.82, 2.24) is 9.80 Å². The van der Waals surface area contributed by atoms with E-state index in [9.17, 15) is 9.59 Å². The van der Waals surface area contributed by atoms with Crippen molar-refractivity contribution in [2.45, 2.75) is 70.3 Å². The molecular formula is C21H30N2O2S. The predicted molar refractivity (Wildman–Crippen MR) is 104 cm³/mol. The molecule has 0 bridgehead atoms. The fourth-order valence-electron chi connectivity index (χ4n) is 5.15. The molecule has 1 spiro atoms. The summed E-state index contributed by atoms with van der Waals surface area (Å²) in [5.41, 5.74) is -0.283. The smallest absolute Gasteiger partial charge is 0.230 e. The van der Waals surface area contributed by atoms with Crippen molar-refractivity contribution in [1.29, 1.82) is 0 Å². The molecule has 1 aliphatic carbocycles. The summed E-state index contributed by atoms with van der Waals surface area (Å²) in [6.07, 6.45) is 10.5. The van der Waals surface area contributed by atoms with Crippen LogP contribution in [0.1, 0.15) is 62.7 Å². The highest BCUT2D eigenvalue weighted by molar-refractivity contribution is 7.09. The van der Waals surface area contributed by atoms with Gasteiger partial charge < -0.3 is 9.80 Å². The van der Waals surface area contributed by atoms with Crippen molar-refractivity contribution in [3.63, 3.8) is 0 Å². The van der Waals surface area contributed by atoms with E-state index in [1.165, 1.54) is 37.0 Å². The minimum absolute atomic E-state index is 0.220. The molecule has 142 valence electrons. The summed E-state index contributed by atoms with van der Waals surface area (Å²) in [5, 5.41) is 2.06. The lowest BCUT2D eigenvalue weighted by Gasteiger charge is -2.44. The summed E-state index contributed by atoms with van der Waals surface area (Å²) in [7, 11) is 0. The van der Waals surface area contributed by atoms with E-state index in [1.807, 2.05) is 11.0 Å². The van der Waals surface area contributed by atoms with Gasteiger partial charge in [0.1, 0.15) is 0 Å². The molecule has 1 unspecified atom stereocenters. The van der Waals surface area contributed by atoms with Gasteiger partial charge in [-0.05, 0) is 50.0 Å². The minimum Gasteiger partial charge on any atom is -0.342 e. The SMILES string of the molecule is O=C(CCc1cccs1)N1CCC2(CCCN(C3CCCCC3)C2=O)C1. The van der Waals surface area contributed by atoms with Gasteiger partial charge in [0.15, 0.2) is 0 Å². The van der Waals surface area contributed by atoms with E-state index in [-0.39, 0.29) is 11.3 Å². The van der Waals surface area contributed by atoms with E-state index < -0.39 is 0 Å².